The van der Waals surface area contributed by atoms with E-state index in [0.717, 1.165) is 19.0 Å². The van der Waals surface area contributed by atoms with E-state index >= 15 is 0 Å². The van der Waals surface area contributed by atoms with E-state index in [1.165, 1.54) is 0 Å². The number of rotatable bonds is 11. The van der Waals surface area contributed by atoms with Gasteiger partial charge in [0, 0.05) is 7.11 Å². The highest BCUT2D eigenvalue weighted by molar-refractivity contribution is 6.78. The number of hydrogen-bond acceptors (Lipinski definition) is 4. The summed E-state index contributed by atoms with van der Waals surface area (Å²) >= 11 is 0. The molecule has 1 N–H and O–H groups in total. The highest BCUT2D eigenvalue weighted by Gasteiger charge is 2.48. The quantitative estimate of drug-likeness (QED) is 0.433. The maximum absolute atomic E-state index is 12.3. The van der Waals surface area contributed by atoms with Gasteiger partial charge in [-0.25, -0.2) is 0 Å². The summed E-state index contributed by atoms with van der Waals surface area (Å²) in [7, 11) is -1.79. The third kappa shape index (κ3) is 7.07. The van der Waals surface area contributed by atoms with E-state index in [1.54, 1.807) is 7.11 Å². The first-order valence-corrected chi connectivity index (χ1v) is 14.2. The lowest BCUT2D eigenvalue weighted by molar-refractivity contribution is -0.134. The Morgan fingerprint density at radius 1 is 1.00 bits per heavy atom. The van der Waals surface area contributed by atoms with Gasteiger partial charge in [-0.2, -0.15) is 0 Å². The van der Waals surface area contributed by atoms with Crippen LogP contribution in [-0.2, 0) is 13.6 Å². The molecule has 23 heavy (non-hydrogen) atoms. The Morgan fingerprint density at radius 3 is 1.87 bits per heavy atom. The molecule has 0 aromatic heterocycles. The van der Waals surface area contributed by atoms with Crippen molar-refractivity contribution < 1.29 is 13.6 Å². The molecule has 0 fully saturated rings. The van der Waals surface area contributed by atoms with Gasteiger partial charge in [-0.1, -0.05) is 41.5 Å². The van der Waals surface area contributed by atoms with Gasteiger partial charge in [-0.05, 0) is 48.7 Å². The Labute approximate surface area is 146 Å². The molecule has 0 heterocycles. The highest BCUT2D eigenvalue weighted by Crippen LogP contribution is 2.42. The van der Waals surface area contributed by atoms with Gasteiger partial charge in [-0.3, -0.25) is 4.79 Å². The molecule has 0 rings (SSSR count). The molecule has 6 heteroatoms. The van der Waals surface area contributed by atoms with Crippen LogP contribution in [0.5, 0.6) is 0 Å². The Kier molecular flexibility index (Phi) is 9.88. The van der Waals surface area contributed by atoms with Crippen LogP contribution in [0.25, 0.3) is 0 Å². The molecule has 0 saturated carbocycles. The predicted molar refractivity (Wildman–Crippen MR) is 104 cm³/mol. The van der Waals surface area contributed by atoms with Gasteiger partial charge >= 0.3 is 5.97 Å². The SMILES string of the molecule is CO[Si](C)(C)CCCNCC(=O)O[Si](C(C)C)(C(C)C)C(C)C. The summed E-state index contributed by atoms with van der Waals surface area (Å²) in [5, 5.41) is 3.24. The van der Waals surface area contributed by atoms with Gasteiger partial charge in [0.15, 0.2) is 8.32 Å². The van der Waals surface area contributed by atoms with Crippen molar-refractivity contribution in [3.8, 4) is 0 Å². The number of hydrogen-bond donors (Lipinski definition) is 1. The molecule has 0 aliphatic rings. The topological polar surface area (TPSA) is 47.6 Å². The lowest BCUT2D eigenvalue weighted by atomic mass is 10.5. The second-order valence-electron chi connectivity index (χ2n) is 8.04. The molecule has 4 nitrogen and oxygen atoms in total. The fourth-order valence-corrected chi connectivity index (χ4v) is 9.92. The van der Waals surface area contributed by atoms with Gasteiger partial charge in [0.2, 0.25) is 0 Å². The molecule has 0 bridgehead atoms. The second-order valence-corrected chi connectivity index (χ2v) is 17.8. The van der Waals surface area contributed by atoms with Crippen LogP contribution < -0.4 is 5.32 Å². The van der Waals surface area contributed by atoms with E-state index in [2.05, 4.69) is 60.0 Å². The van der Waals surface area contributed by atoms with E-state index in [4.69, 9.17) is 8.85 Å². The van der Waals surface area contributed by atoms with Crippen molar-refractivity contribution in [2.24, 2.45) is 0 Å². The van der Waals surface area contributed by atoms with Gasteiger partial charge in [0.1, 0.15) is 0 Å². The Hall–Kier alpha value is -0.176. The summed E-state index contributed by atoms with van der Waals surface area (Å²) < 4.78 is 11.6. The van der Waals surface area contributed by atoms with Crippen LogP contribution in [0.3, 0.4) is 0 Å². The van der Waals surface area contributed by atoms with Crippen LogP contribution in [0.2, 0.25) is 35.8 Å². The zero-order valence-electron chi connectivity index (χ0n) is 16.8. The summed E-state index contributed by atoms with van der Waals surface area (Å²) in [4.78, 5) is 12.3. The molecule has 0 aromatic rings. The molecular formula is C17H39NO3Si2. The summed E-state index contributed by atoms with van der Waals surface area (Å²) in [5.74, 6) is -0.0870. The molecule has 0 atom stereocenters. The van der Waals surface area contributed by atoms with Gasteiger partial charge in [0.25, 0.3) is 8.32 Å². The van der Waals surface area contributed by atoms with Crippen molar-refractivity contribution >= 4 is 22.6 Å². The molecule has 0 aliphatic carbocycles. The van der Waals surface area contributed by atoms with E-state index in [0.29, 0.717) is 23.2 Å². The van der Waals surface area contributed by atoms with E-state index in [-0.39, 0.29) is 5.97 Å². The zero-order valence-corrected chi connectivity index (χ0v) is 18.8. The lowest BCUT2D eigenvalue weighted by Gasteiger charge is -2.41. The van der Waals surface area contributed by atoms with Crippen LogP contribution in [-0.4, -0.2) is 42.8 Å². The summed E-state index contributed by atoms with van der Waals surface area (Å²) in [6, 6.07) is 1.11. The van der Waals surface area contributed by atoms with Crippen LogP contribution in [0, 0.1) is 0 Å². The Bertz CT molecular complexity index is 336. The minimum Gasteiger partial charge on any atom is -0.517 e. The molecular weight excluding hydrogens is 322 g/mol. The minimum atomic E-state index is -2.10. The molecule has 0 aromatic carbocycles. The van der Waals surface area contributed by atoms with Crippen molar-refractivity contribution in [2.45, 2.75) is 83.7 Å². The van der Waals surface area contributed by atoms with Gasteiger partial charge in [0.05, 0.1) is 6.54 Å². The maximum Gasteiger partial charge on any atom is 0.306 e. The average molecular weight is 362 g/mol. The largest absolute Gasteiger partial charge is 0.517 e. The number of carbonyl (C=O) groups is 1. The fourth-order valence-electron chi connectivity index (χ4n) is 3.52. The number of carbonyl (C=O) groups excluding carboxylic acids is 1. The van der Waals surface area contributed by atoms with Crippen LogP contribution >= 0.6 is 0 Å². The van der Waals surface area contributed by atoms with E-state index in [9.17, 15) is 4.79 Å². The highest BCUT2D eigenvalue weighted by atomic mass is 28.4. The van der Waals surface area contributed by atoms with E-state index in [1.807, 2.05) is 0 Å². The van der Waals surface area contributed by atoms with Crippen LogP contribution in [0.15, 0.2) is 0 Å². The van der Waals surface area contributed by atoms with Crippen molar-refractivity contribution in [3.05, 3.63) is 0 Å². The number of nitrogens with one attached hydrogen (secondary N) is 1. The summed E-state index contributed by atoms with van der Waals surface area (Å²) in [6.45, 7) is 18.8. The first-order chi connectivity index (χ1) is 10.5. The summed E-state index contributed by atoms with van der Waals surface area (Å²) in [5.41, 5.74) is 1.29. The Morgan fingerprint density at radius 2 is 1.48 bits per heavy atom. The third-order valence-corrected chi connectivity index (χ3v) is 13.6. The first-order valence-electron chi connectivity index (χ1n) is 8.97. The van der Waals surface area contributed by atoms with Gasteiger partial charge in [-0.15, -0.1) is 0 Å². The standard InChI is InChI=1S/C17H39NO3Si2/c1-14(2)23(15(3)4,16(5)6)21-17(19)13-18-11-10-12-22(8,9)20-7/h14-16,18H,10-13H2,1-9H3. The molecule has 138 valence electrons. The predicted octanol–water partition coefficient (Wildman–Crippen LogP) is 4.54. The lowest BCUT2D eigenvalue weighted by Crippen LogP contribution is -2.50. The fraction of sp³-hybridized carbons (Fsp3) is 0.941. The van der Waals surface area contributed by atoms with Crippen molar-refractivity contribution in [1.82, 2.24) is 5.32 Å². The molecule has 0 spiro atoms. The normalized spacial score (nSPS) is 13.2. The minimum absolute atomic E-state index is 0.0870. The second kappa shape index (κ2) is 9.96. The van der Waals surface area contributed by atoms with Crippen molar-refractivity contribution in [3.63, 3.8) is 0 Å². The van der Waals surface area contributed by atoms with Crippen molar-refractivity contribution in [1.29, 1.82) is 0 Å². The average Bonchev–Trinajstić information content (AvgIpc) is 2.43. The maximum atomic E-state index is 12.3. The molecule has 0 saturated heterocycles. The Balaban J connectivity index is 4.41. The first kappa shape index (κ1) is 22.8. The van der Waals surface area contributed by atoms with Gasteiger partial charge < -0.3 is 14.2 Å². The van der Waals surface area contributed by atoms with Crippen molar-refractivity contribution in [2.75, 3.05) is 20.2 Å². The zero-order chi connectivity index (χ0) is 18.3. The smallest absolute Gasteiger partial charge is 0.306 e. The van der Waals surface area contributed by atoms with E-state index < -0.39 is 16.6 Å². The summed E-state index contributed by atoms with van der Waals surface area (Å²) in [6.07, 6.45) is 1.04. The van der Waals surface area contributed by atoms with Crippen LogP contribution in [0.1, 0.15) is 48.0 Å². The molecule has 0 unspecified atom stereocenters. The molecule has 0 aliphatic heterocycles. The monoisotopic (exact) mass is 361 g/mol. The molecule has 0 radical (unpaired) electrons. The molecule has 0 amide bonds. The van der Waals surface area contributed by atoms with Crippen LogP contribution in [0.4, 0.5) is 0 Å². The third-order valence-electron chi connectivity index (χ3n) is 4.95.